The number of methoxy groups -OCH3 is 4. The molecule has 0 spiro atoms. The largest absolute Gasteiger partial charge is 0.496 e. The van der Waals surface area contributed by atoms with Crippen LogP contribution in [0.4, 0.5) is 0 Å². The van der Waals surface area contributed by atoms with E-state index < -0.39 is 0 Å². The molecule has 0 N–H and O–H groups in total. The number of hydrogen-bond donors (Lipinski definition) is 0. The fraction of sp³-hybridized carbons (Fsp3) is 0.125. The second-order valence-corrected chi connectivity index (χ2v) is 13.4. The molecule has 0 aliphatic rings. The minimum atomic E-state index is 0.689. The Morgan fingerprint density at radius 1 is 0.370 bits per heavy atom. The molecule has 0 unspecified atom stereocenters. The molecule has 0 amide bonds. The minimum Gasteiger partial charge on any atom is -0.496 e. The molecule has 266 valence electrons. The molecule has 0 saturated carbocycles. The number of ether oxygens (including phenoxy) is 4. The lowest BCUT2D eigenvalue weighted by Crippen LogP contribution is -2.00. The lowest BCUT2D eigenvalue weighted by molar-refractivity contribution is 0.413. The van der Waals surface area contributed by atoms with Crippen LogP contribution in [-0.2, 0) is 0 Å². The molecule has 6 nitrogen and oxygen atoms in total. The second kappa shape index (κ2) is 14.4. The van der Waals surface area contributed by atoms with Crippen LogP contribution in [0.5, 0.6) is 23.0 Å². The molecule has 0 fully saturated rings. The van der Waals surface area contributed by atoms with Gasteiger partial charge in [-0.3, -0.25) is 9.97 Å². The van der Waals surface area contributed by atoms with Crippen molar-refractivity contribution in [2.75, 3.05) is 28.4 Å². The second-order valence-electron chi connectivity index (χ2n) is 13.4. The molecular formula is C48H40N2O4. The van der Waals surface area contributed by atoms with Crippen LogP contribution in [0.1, 0.15) is 11.1 Å². The lowest BCUT2D eigenvalue weighted by Gasteiger charge is -2.24. The number of rotatable bonds is 9. The maximum atomic E-state index is 6.57. The molecule has 0 bridgehead atoms. The molecule has 8 rings (SSSR count). The van der Waals surface area contributed by atoms with Gasteiger partial charge in [0.25, 0.3) is 0 Å². The topological polar surface area (TPSA) is 62.7 Å². The zero-order chi connectivity index (χ0) is 37.3. The van der Waals surface area contributed by atoms with Crippen LogP contribution in [0.25, 0.3) is 77.2 Å². The molecule has 6 heteroatoms. The van der Waals surface area contributed by atoms with E-state index in [-0.39, 0.29) is 0 Å². The zero-order valence-corrected chi connectivity index (χ0v) is 31.2. The third-order valence-electron chi connectivity index (χ3n) is 10.1. The van der Waals surface area contributed by atoms with Gasteiger partial charge in [0.05, 0.1) is 28.4 Å². The Kier molecular flexibility index (Phi) is 9.18. The van der Waals surface area contributed by atoms with Gasteiger partial charge in [-0.15, -0.1) is 0 Å². The van der Waals surface area contributed by atoms with Crippen molar-refractivity contribution in [3.05, 3.63) is 145 Å². The fourth-order valence-corrected chi connectivity index (χ4v) is 7.78. The summed E-state index contributed by atoms with van der Waals surface area (Å²) in [6, 6.07) is 37.9. The van der Waals surface area contributed by atoms with E-state index in [1.54, 1.807) is 40.8 Å². The van der Waals surface area contributed by atoms with E-state index in [0.717, 1.165) is 99.8 Å². The lowest BCUT2D eigenvalue weighted by atomic mass is 9.84. The average molecular weight is 709 g/mol. The number of nitrogens with zero attached hydrogens (tertiary/aromatic N) is 2. The molecule has 2 aromatic heterocycles. The summed E-state index contributed by atoms with van der Waals surface area (Å²) in [5, 5.41) is 3.71. The first-order chi connectivity index (χ1) is 26.4. The fourth-order valence-electron chi connectivity index (χ4n) is 7.78. The van der Waals surface area contributed by atoms with E-state index in [4.69, 9.17) is 18.9 Å². The van der Waals surface area contributed by atoms with Gasteiger partial charge in [0.2, 0.25) is 0 Å². The van der Waals surface area contributed by atoms with Crippen LogP contribution < -0.4 is 18.9 Å². The summed E-state index contributed by atoms with van der Waals surface area (Å²) >= 11 is 0. The highest BCUT2D eigenvalue weighted by Gasteiger charge is 2.27. The molecule has 8 aromatic rings. The molecule has 6 aromatic carbocycles. The highest BCUT2D eigenvalue weighted by atomic mass is 16.5. The van der Waals surface area contributed by atoms with Gasteiger partial charge in [-0.1, -0.05) is 71.8 Å². The number of pyridine rings is 2. The zero-order valence-electron chi connectivity index (χ0n) is 31.2. The number of hydrogen-bond acceptors (Lipinski definition) is 6. The number of aromatic nitrogens is 2. The third-order valence-corrected chi connectivity index (χ3v) is 10.1. The minimum absolute atomic E-state index is 0.689. The van der Waals surface area contributed by atoms with Crippen molar-refractivity contribution in [3.63, 3.8) is 0 Å². The van der Waals surface area contributed by atoms with Gasteiger partial charge in [-0.25, -0.2) is 0 Å². The summed E-state index contributed by atoms with van der Waals surface area (Å²) < 4.78 is 25.4. The van der Waals surface area contributed by atoms with Crippen molar-refractivity contribution in [2.24, 2.45) is 0 Å². The molecule has 0 aliphatic heterocycles. The molecular weight excluding hydrogens is 669 g/mol. The highest BCUT2D eigenvalue weighted by molar-refractivity contribution is 6.18. The van der Waals surface area contributed by atoms with Crippen molar-refractivity contribution >= 4 is 21.5 Å². The first-order valence-corrected chi connectivity index (χ1v) is 17.8. The van der Waals surface area contributed by atoms with Crippen LogP contribution >= 0.6 is 0 Å². The maximum Gasteiger partial charge on any atom is 0.135 e. The first kappa shape index (κ1) is 34.4. The monoisotopic (exact) mass is 708 g/mol. The molecule has 0 aliphatic carbocycles. The predicted molar refractivity (Wildman–Crippen MR) is 220 cm³/mol. The smallest absolute Gasteiger partial charge is 0.135 e. The third kappa shape index (κ3) is 5.86. The Hall–Kier alpha value is -6.66. The Labute approximate surface area is 315 Å². The summed E-state index contributed by atoms with van der Waals surface area (Å²) in [4.78, 5) is 9.04. The average Bonchev–Trinajstić information content (AvgIpc) is 3.22. The van der Waals surface area contributed by atoms with Gasteiger partial charge < -0.3 is 18.9 Å². The van der Waals surface area contributed by atoms with Crippen LogP contribution in [0, 0.1) is 13.8 Å². The summed E-state index contributed by atoms with van der Waals surface area (Å²) in [5.41, 5.74) is 12.0. The Balaban J connectivity index is 1.61. The summed E-state index contributed by atoms with van der Waals surface area (Å²) in [7, 11) is 6.89. The molecule has 0 atom stereocenters. The molecule has 0 radical (unpaired) electrons. The van der Waals surface area contributed by atoms with E-state index in [9.17, 15) is 0 Å². The normalized spacial score (nSPS) is 11.1. The van der Waals surface area contributed by atoms with Gasteiger partial charge in [0.15, 0.2) is 0 Å². The van der Waals surface area contributed by atoms with Crippen LogP contribution in [-0.4, -0.2) is 38.4 Å². The van der Waals surface area contributed by atoms with Gasteiger partial charge in [0, 0.05) is 68.6 Å². The van der Waals surface area contributed by atoms with E-state index in [1.807, 2.05) is 36.7 Å². The van der Waals surface area contributed by atoms with Crippen molar-refractivity contribution in [1.82, 2.24) is 9.97 Å². The van der Waals surface area contributed by atoms with Gasteiger partial charge in [-0.05, 0) is 95.8 Å². The van der Waals surface area contributed by atoms with E-state index >= 15 is 0 Å². The first-order valence-electron chi connectivity index (χ1n) is 17.8. The SMILES string of the molecule is COc1ccc(-c2cccnc2)c2c(OC)c(-c3cc(-c4cccnc4)c4c(OC)ccc(-c5cccc(C)c5)c4c3OC)cc(-c3cccc(C)c3)c12. The van der Waals surface area contributed by atoms with Gasteiger partial charge >= 0.3 is 0 Å². The number of benzene rings is 6. The van der Waals surface area contributed by atoms with Gasteiger partial charge in [0.1, 0.15) is 23.0 Å². The Bertz CT molecular complexity index is 2670. The van der Waals surface area contributed by atoms with Crippen molar-refractivity contribution < 1.29 is 18.9 Å². The van der Waals surface area contributed by atoms with E-state index in [0.29, 0.717) is 11.5 Å². The Morgan fingerprint density at radius 3 is 1.22 bits per heavy atom. The van der Waals surface area contributed by atoms with E-state index in [1.165, 1.54) is 0 Å². The van der Waals surface area contributed by atoms with Crippen molar-refractivity contribution in [1.29, 1.82) is 0 Å². The molecule has 2 heterocycles. The van der Waals surface area contributed by atoms with Crippen molar-refractivity contribution in [2.45, 2.75) is 13.8 Å². The van der Waals surface area contributed by atoms with Crippen LogP contribution in [0.2, 0.25) is 0 Å². The van der Waals surface area contributed by atoms with Crippen LogP contribution in [0.15, 0.2) is 134 Å². The Morgan fingerprint density at radius 2 is 0.796 bits per heavy atom. The summed E-state index contributed by atoms with van der Waals surface area (Å²) in [5.74, 6) is 2.87. The van der Waals surface area contributed by atoms with E-state index in [2.05, 4.69) is 109 Å². The van der Waals surface area contributed by atoms with Gasteiger partial charge in [-0.2, -0.15) is 0 Å². The maximum absolute atomic E-state index is 6.57. The number of fused-ring (bicyclic) bond motifs is 2. The molecule has 0 saturated heterocycles. The number of aryl methyl sites for hydroxylation is 2. The van der Waals surface area contributed by atoms with Crippen LogP contribution in [0.3, 0.4) is 0 Å². The highest BCUT2D eigenvalue weighted by Crippen LogP contribution is 2.55. The summed E-state index contributed by atoms with van der Waals surface area (Å²) in [6.07, 6.45) is 7.36. The summed E-state index contributed by atoms with van der Waals surface area (Å²) in [6.45, 7) is 4.22. The predicted octanol–water partition coefficient (Wildman–Crippen LogP) is 11.8. The van der Waals surface area contributed by atoms with Crippen molar-refractivity contribution in [3.8, 4) is 78.6 Å². The quantitative estimate of drug-likeness (QED) is 0.149. The standard InChI is InChI=1S/C48H40N2O4/c1-29-11-7-13-31(23-29)35-17-19-42(52-4)44-38(34-16-10-22-50-28-34)26-40(47(53-5)45(35)44)39-25-37(32-14-8-12-30(2)24-32)43-41(51-3)20-18-36(46(43)48(39)54-6)33-15-9-21-49-27-33/h7-28H,1-6H3. The molecule has 54 heavy (non-hydrogen) atoms.